The molecule has 0 aliphatic carbocycles. The normalized spacial score (nSPS) is 14.3. The summed E-state index contributed by atoms with van der Waals surface area (Å²) in [5, 5.41) is 4.59. The lowest BCUT2D eigenvalue weighted by Gasteiger charge is -2.09. The number of methoxy groups -OCH3 is 1. The SMILES string of the molecule is COc1cccc(Cc2nc3c(s2)CNCC3)c1. The van der Waals surface area contributed by atoms with Crippen molar-refractivity contribution in [2.75, 3.05) is 13.7 Å². The van der Waals surface area contributed by atoms with E-state index >= 15 is 0 Å². The zero-order chi connectivity index (χ0) is 12.4. The minimum atomic E-state index is 0.898. The number of nitrogens with zero attached hydrogens (tertiary/aromatic N) is 1. The Balaban J connectivity index is 1.81. The van der Waals surface area contributed by atoms with Crippen molar-refractivity contribution in [2.45, 2.75) is 19.4 Å². The molecule has 1 aromatic heterocycles. The molecule has 1 aliphatic heterocycles. The van der Waals surface area contributed by atoms with Gasteiger partial charge < -0.3 is 10.1 Å². The van der Waals surface area contributed by atoms with Crippen LogP contribution in [0.3, 0.4) is 0 Å². The molecular weight excluding hydrogens is 244 g/mol. The summed E-state index contributed by atoms with van der Waals surface area (Å²) in [6, 6.07) is 8.21. The van der Waals surface area contributed by atoms with Gasteiger partial charge in [0.05, 0.1) is 17.8 Å². The number of ether oxygens (including phenoxy) is 1. The van der Waals surface area contributed by atoms with E-state index in [0.29, 0.717) is 0 Å². The second-order valence-electron chi connectivity index (χ2n) is 4.43. The summed E-state index contributed by atoms with van der Waals surface area (Å²) < 4.78 is 5.25. The van der Waals surface area contributed by atoms with Gasteiger partial charge in [-0.25, -0.2) is 4.98 Å². The number of rotatable bonds is 3. The second kappa shape index (κ2) is 5.08. The van der Waals surface area contributed by atoms with Crippen LogP contribution in [0.4, 0.5) is 0 Å². The molecule has 1 aromatic carbocycles. The highest BCUT2D eigenvalue weighted by Gasteiger charge is 2.14. The van der Waals surface area contributed by atoms with Crippen LogP contribution in [0.5, 0.6) is 5.75 Å². The van der Waals surface area contributed by atoms with Gasteiger partial charge in [0, 0.05) is 30.8 Å². The molecule has 1 N–H and O–H groups in total. The first-order chi connectivity index (χ1) is 8.85. The standard InChI is InChI=1S/C14H16N2OS/c1-17-11-4-2-3-10(7-11)8-14-16-12-5-6-15-9-13(12)18-14/h2-4,7,15H,5-6,8-9H2,1H3. The maximum Gasteiger partial charge on any atom is 0.119 e. The number of nitrogens with one attached hydrogen (secondary N) is 1. The number of hydrogen-bond acceptors (Lipinski definition) is 4. The molecular formula is C14H16N2OS. The first-order valence-corrected chi connectivity index (χ1v) is 6.98. The van der Waals surface area contributed by atoms with Crippen LogP contribution in [-0.2, 0) is 19.4 Å². The quantitative estimate of drug-likeness (QED) is 0.920. The zero-order valence-corrected chi connectivity index (χ0v) is 11.2. The fourth-order valence-electron chi connectivity index (χ4n) is 2.21. The lowest BCUT2D eigenvalue weighted by molar-refractivity contribution is 0.414. The molecule has 2 aromatic rings. The van der Waals surface area contributed by atoms with Gasteiger partial charge in [0.15, 0.2) is 0 Å². The van der Waals surface area contributed by atoms with E-state index in [9.17, 15) is 0 Å². The van der Waals surface area contributed by atoms with Crippen LogP contribution < -0.4 is 10.1 Å². The molecule has 3 nitrogen and oxygen atoms in total. The van der Waals surface area contributed by atoms with Crippen molar-refractivity contribution in [2.24, 2.45) is 0 Å². The summed E-state index contributed by atoms with van der Waals surface area (Å²) >= 11 is 1.83. The molecule has 0 unspecified atom stereocenters. The van der Waals surface area contributed by atoms with Gasteiger partial charge in [-0.3, -0.25) is 0 Å². The largest absolute Gasteiger partial charge is 0.497 e. The Bertz CT molecular complexity index is 527. The van der Waals surface area contributed by atoms with Crippen LogP contribution in [-0.4, -0.2) is 18.6 Å². The molecule has 0 fully saturated rings. The van der Waals surface area contributed by atoms with Crippen molar-refractivity contribution in [1.29, 1.82) is 0 Å². The van der Waals surface area contributed by atoms with Crippen molar-refractivity contribution < 1.29 is 4.74 Å². The number of hydrogen-bond donors (Lipinski definition) is 1. The first-order valence-electron chi connectivity index (χ1n) is 6.16. The summed E-state index contributed by atoms with van der Waals surface area (Å²) in [4.78, 5) is 6.14. The second-order valence-corrected chi connectivity index (χ2v) is 5.60. The smallest absolute Gasteiger partial charge is 0.119 e. The molecule has 1 aliphatic rings. The maximum absolute atomic E-state index is 5.25. The Morgan fingerprint density at radius 3 is 3.22 bits per heavy atom. The average molecular weight is 260 g/mol. The maximum atomic E-state index is 5.25. The van der Waals surface area contributed by atoms with E-state index in [2.05, 4.69) is 17.4 Å². The van der Waals surface area contributed by atoms with Crippen molar-refractivity contribution in [3.05, 3.63) is 45.4 Å². The molecule has 0 radical (unpaired) electrons. The van der Waals surface area contributed by atoms with Gasteiger partial charge in [-0.1, -0.05) is 12.1 Å². The highest BCUT2D eigenvalue weighted by Crippen LogP contribution is 2.24. The van der Waals surface area contributed by atoms with Gasteiger partial charge in [0.25, 0.3) is 0 Å². The summed E-state index contributed by atoms with van der Waals surface area (Å²) in [7, 11) is 1.70. The molecule has 0 bridgehead atoms. The average Bonchev–Trinajstić information content (AvgIpc) is 2.81. The fourth-order valence-corrected chi connectivity index (χ4v) is 3.33. The highest BCUT2D eigenvalue weighted by molar-refractivity contribution is 7.11. The van der Waals surface area contributed by atoms with Crippen LogP contribution in [0.15, 0.2) is 24.3 Å². The molecule has 94 valence electrons. The summed E-state index contributed by atoms with van der Waals surface area (Å²) in [6.07, 6.45) is 1.96. The van der Waals surface area contributed by atoms with Crippen molar-refractivity contribution in [3.63, 3.8) is 0 Å². The van der Waals surface area contributed by atoms with Crippen molar-refractivity contribution in [3.8, 4) is 5.75 Å². The van der Waals surface area contributed by atoms with E-state index in [4.69, 9.17) is 9.72 Å². The molecule has 2 heterocycles. The van der Waals surface area contributed by atoms with Crippen molar-refractivity contribution in [1.82, 2.24) is 10.3 Å². The predicted octanol–water partition coefficient (Wildman–Crippen LogP) is 2.39. The Morgan fingerprint density at radius 1 is 1.44 bits per heavy atom. The van der Waals surface area contributed by atoms with E-state index in [1.807, 2.05) is 23.5 Å². The van der Waals surface area contributed by atoms with Gasteiger partial charge >= 0.3 is 0 Å². The van der Waals surface area contributed by atoms with E-state index in [1.165, 1.54) is 21.1 Å². The fraction of sp³-hybridized carbons (Fsp3) is 0.357. The number of fused-ring (bicyclic) bond motifs is 1. The van der Waals surface area contributed by atoms with Crippen LogP contribution in [0.25, 0.3) is 0 Å². The van der Waals surface area contributed by atoms with Crippen LogP contribution >= 0.6 is 11.3 Å². The molecule has 3 rings (SSSR count). The molecule has 0 saturated carbocycles. The van der Waals surface area contributed by atoms with Crippen LogP contribution in [0.2, 0.25) is 0 Å². The monoisotopic (exact) mass is 260 g/mol. The third-order valence-corrected chi connectivity index (χ3v) is 4.23. The molecule has 4 heteroatoms. The molecule has 0 spiro atoms. The minimum Gasteiger partial charge on any atom is -0.497 e. The van der Waals surface area contributed by atoms with Gasteiger partial charge in [-0.2, -0.15) is 0 Å². The Morgan fingerprint density at radius 2 is 2.39 bits per heavy atom. The third kappa shape index (κ3) is 2.40. The first kappa shape index (κ1) is 11.7. The van der Waals surface area contributed by atoms with Crippen LogP contribution in [0, 0.1) is 0 Å². The Kier molecular flexibility index (Phi) is 3.30. The molecule has 0 saturated heterocycles. The number of aromatic nitrogens is 1. The Labute approximate surface area is 111 Å². The minimum absolute atomic E-state index is 0.898. The van der Waals surface area contributed by atoms with E-state index in [1.54, 1.807) is 7.11 Å². The topological polar surface area (TPSA) is 34.1 Å². The van der Waals surface area contributed by atoms with E-state index < -0.39 is 0 Å². The van der Waals surface area contributed by atoms with Gasteiger partial charge in [0.1, 0.15) is 5.75 Å². The lowest BCUT2D eigenvalue weighted by Crippen LogP contribution is -2.22. The summed E-state index contributed by atoms with van der Waals surface area (Å²) in [5.74, 6) is 0.912. The van der Waals surface area contributed by atoms with Crippen LogP contribution in [0.1, 0.15) is 21.1 Å². The van der Waals surface area contributed by atoms with Crippen molar-refractivity contribution >= 4 is 11.3 Å². The molecule has 18 heavy (non-hydrogen) atoms. The third-order valence-electron chi connectivity index (χ3n) is 3.14. The molecule has 0 atom stereocenters. The lowest BCUT2D eigenvalue weighted by atomic mass is 10.1. The predicted molar refractivity (Wildman–Crippen MR) is 73.3 cm³/mol. The van der Waals surface area contributed by atoms with E-state index in [0.717, 1.165) is 31.7 Å². The van der Waals surface area contributed by atoms with E-state index in [-0.39, 0.29) is 0 Å². The molecule has 0 amide bonds. The van der Waals surface area contributed by atoms with Gasteiger partial charge in [-0.15, -0.1) is 11.3 Å². The zero-order valence-electron chi connectivity index (χ0n) is 10.4. The summed E-state index contributed by atoms with van der Waals surface area (Å²) in [5.41, 5.74) is 2.55. The summed E-state index contributed by atoms with van der Waals surface area (Å²) in [6.45, 7) is 2.03. The van der Waals surface area contributed by atoms with Gasteiger partial charge in [-0.05, 0) is 17.7 Å². The van der Waals surface area contributed by atoms with Gasteiger partial charge in [0.2, 0.25) is 0 Å². The Hall–Kier alpha value is -1.39. The highest BCUT2D eigenvalue weighted by atomic mass is 32.1. The number of benzene rings is 1. The number of thiazole rings is 1.